The number of fused-ring (bicyclic) bond motifs is 2. The van der Waals surface area contributed by atoms with Crippen molar-refractivity contribution in [3.8, 4) is 6.07 Å². The minimum Gasteiger partial charge on any atom is -0.198 e. The van der Waals surface area contributed by atoms with Gasteiger partial charge in [0, 0.05) is 0 Å². The Morgan fingerprint density at radius 1 is 1.27 bits per heavy atom. The predicted molar refractivity (Wildman–Crippen MR) is 43.6 cm³/mol. The molecule has 0 radical (unpaired) electrons. The third-order valence-electron chi connectivity index (χ3n) is 3.29. The van der Waals surface area contributed by atoms with E-state index in [-0.39, 0.29) is 0 Å². The average Bonchev–Trinajstić information content (AvgIpc) is 2.06. The fraction of sp³-hybridized carbons (Fsp3) is 0.700. The first kappa shape index (κ1) is 6.91. The van der Waals surface area contributed by atoms with Crippen LogP contribution in [0.3, 0.4) is 0 Å². The van der Waals surface area contributed by atoms with E-state index >= 15 is 0 Å². The van der Waals surface area contributed by atoms with E-state index in [0.717, 1.165) is 0 Å². The molecule has 1 nitrogen and oxygen atoms in total. The normalized spacial score (nSPS) is 47.3. The van der Waals surface area contributed by atoms with Crippen molar-refractivity contribution in [3.05, 3.63) is 12.2 Å². The number of nitrogens with zero attached hydrogens (tertiary/aromatic N) is 1. The molecule has 1 fully saturated rings. The van der Waals surface area contributed by atoms with Crippen molar-refractivity contribution in [1.82, 2.24) is 0 Å². The van der Waals surface area contributed by atoms with Gasteiger partial charge in [-0.2, -0.15) is 5.26 Å². The average molecular weight is 147 g/mol. The molecule has 3 rings (SSSR count). The van der Waals surface area contributed by atoms with Gasteiger partial charge in [-0.3, -0.25) is 0 Å². The SMILES string of the molecule is C[C@H]1[C@@H](C#N)[C@@H]2C=C[C@@H]1CC2. The fourth-order valence-corrected chi connectivity index (χ4v) is 2.47. The molecular weight excluding hydrogens is 134 g/mol. The van der Waals surface area contributed by atoms with Crippen molar-refractivity contribution < 1.29 is 0 Å². The fourth-order valence-electron chi connectivity index (χ4n) is 2.47. The maximum absolute atomic E-state index is 8.90. The van der Waals surface area contributed by atoms with E-state index in [1.807, 2.05) is 0 Å². The topological polar surface area (TPSA) is 23.8 Å². The first-order chi connectivity index (χ1) is 5.33. The van der Waals surface area contributed by atoms with Crippen LogP contribution in [-0.4, -0.2) is 0 Å². The van der Waals surface area contributed by atoms with E-state index in [2.05, 4.69) is 25.1 Å². The van der Waals surface area contributed by atoms with Crippen LogP contribution in [0.25, 0.3) is 0 Å². The molecule has 0 heterocycles. The van der Waals surface area contributed by atoms with E-state index in [1.54, 1.807) is 0 Å². The van der Waals surface area contributed by atoms with Gasteiger partial charge in [0.2, 0.25) is 0 Å². The van der Waals surface area contributed by atoms with Gasteiger partial charge in [-0.25, -0.2) is 0 Å². The van der Waals surface area contributed by atoms with Crippen LogP contribution in [0.15, 0.2) is 12.2 Å². The summed E-state index contributed by atoms with van der Waals surface area (Å²) in [6.45, 7) is 2.22. The molecule has 3 aliphatic carbocycles. The molecule has 0 spiro atoms. The summed E-state index contributed by atoms with van der Waals surface area (Å²) >= 11 is 0. The third-order valence-corrected chi connectivity index (χ3v) is 3.29. The van der Waals surface area contributed by atoms with Crippen molar-refractivity contribution in [3.63, 3.8) is 0 Å². The molecule has 58 valence electrons. The number of rotatable bonds is 0. The van der Waals surface area contributed by atoms with Crippen molar-refractivity contribution >= 4 is 0 Å². The van der Waals surface area contributed by atoms with Crippen LogP contribution in [0.2, 0.25) is 0 Å². The summed E-state index contributed by atoms with van der Waals surface area (Å²) in [5, 5.41) is 8.90. The second-order valence-corrected chi connectivity index (χ2v) is 3.80. The minimum absolute atomic E-state index is 0.304. The summed E-state index contributed by atoms with van der Waals surface area (Å²) in [5.74, 6) is 2.17. The summed E-state index contributed by atoms with van der Waals surface area (Å²) in [7, 11) is 0. The number of allylic oxidation sites excluding steroid dienone is 2. The maximum Gasteiger partial charge on any atom is 0.0665 e. The quantitative estimate of drug-likeness (QED) is 0.482. The van der Waals surface area contributed by atoms with E-state index in [1.165, 1.54) is 12.8 Å². The Balaban J connectivity index is 2.28. The summed E-state index contributed by atoms with van der Waals surface area (Å²) in [6.07, 6.45) is 7.11. The van der Waals surface area contributed by atoms with Gasteiger partial charge in [0.25, 0.3) is 0 Å². The lowest BCUT2D eigenvalue weighted by atomic mass is 9.63. The van der Waals surface area contributed by atoms with E-state index in [9.17, 15) is 0 Å². The summed E-state index contributed by atoms with van der Waals surface area (Å²) in [4.78, 5) is 0. The third kappa shape index (κ3) is 0.894. The van der Waals surface area contributed by atoms with Crippen LogP contribution in [0, 0.1) is 35.0 Å². The van der Waals surface area contributed by atoms with Crippen LogP contribution in [0.1, 0.15) is 19.8 Å². The van der Waals surface area contributed by atoms with Crippen molar-refractivity contribution in [2.45, 2.75) is 19.8 Å². The van der Waals surface area contributed by atoms with Crippen LogP contribution < -0.4 is 0 Å². The lowest BCUT2D eigenvalue weighted by molar-refractivity contribution is 0.180. The predicted octanol–water partition coefficient (Wildman–Crippen LogP) is 2.36. The summed E-state index contributed by atoms with van der Waals surface area (Å²) in [6, 6.07) is 2.43. The molecule has 1 heteroatoms. The lowest BCUT2D eigenvalue weighted by Gasteiger charge is -2.39. The van der Waals surface area contributed by atoms with Crippen LogP contribution in [0.5, 0.6) is 0 Å². The highest BCUT2D eigenvalue weighted by Crippen LogP contribution is 2.43. The maximum atomic E-state index is 8.90. The van der Waals surface area contributed by atoms with Gasteiger partial charge in [0.1, 0.15) is 0 Å². The monoisotopic (exact) mass is 147 g/mol. The van der Waals surface area contributed by atoms with E-state index < -0.39 is 0 Å². The zero-order chi connectivity index (χ0) is 7.84. The molecule has 2 bridgehead atoms. The molecule has 0 aromatic carbocycles. The molecule has 11 heavy (non-hydrogen) atoms. The molecule has 0 aliphatic heterocycles. The Morgan fingerprint density at radius 2 is 1.91 bits per heavy atom. The van der Waals surface area contributed by atoms with E-state index in [4.69, 9.17) is 5.26 Å². The van der Waals surface area contributed by atoms with Gasteiger partial charge in [0.15, 0.2) is 0 Å². The summed E-state index contributed by atoms with van der Waals surface area (Å²) in [5.41, 5.74) is 0. The van der Waals surface area contributed by atoms with Gasteiger partial charge in [0.05, 0.1) is 12.0 Å². The second kappa shape index (κ2) is 2.37. The molecule has 0 N–H and O–H groups in total. The second-order valence-electron chi connectivity index (χ2n) is 3.80. The first-order valence-corrected chi connectivity index (χ1v) is 4.41. The largest absolute Gasteiger partial charge is 0.198 e. The minimum atomic E-state index is 0.304. The zero-order valence-electron chi connectivity index (χ0n) is 6.83. The number of hydrogen-bond acceptors (Lipinski definition) is 1. The van der Waals surface area contributed by atoms with Gasteiger partial charge < -0.3 is 0 Å². The van der Waals surface area contributed by atoms with Gasteiger partial charge >= 0.3 is 0 Å². The Hall–Kier alpha value is -0.770. The van der Waals surface area contributed by atoms with Crippen molar-refractivity contribution in [2.75, 3.05) is 0 Å². The molecule has 4 atom stereocenters. The molecule has 0 aromatic heterocycles. The molecular formula is C10H13N. The highest BCUT2D eigenvalue weighted by molar-refractivity contribution is 5.13. The molecule has 0 amide bonds. The lowest BCUT2D eigenvalue weighted by Crippen LogP contribution is -2.34. The van der Waals surface area contributed by atoms with Crippen molar-refractivity contribution in [1.29, 1.82) is 5.26 Å². The smallest absolute Gasteiger partial charge is 0.0665 e. The Labute approximate surface area is 67.7 Å². The van der Waals surface area contributed by atoms with E-state index in [0.29, 0.717) is 23.7 Å². The highest BCUT2D eigenvalue weighted by Gasteiger charge is 2.37. The Bertz CT molecular complexity index is 224. The zero-order valence-corrected chi connectivity index (χ0v) is 6.83. The van der Waals surface area contributed by atoms with Crippen LogP contribution in [0.4, 0.5) is 0 Å². The van der Waals surface area contributed by atoms with Crippen LogP contribution >= 0.6 is 0 Å². The first-order valence-electron chi connectivity index (χ1n) is 4.41. The molecule has 0 unspecified atom stereocenters. The molecule has 0 saturated heterocycles. The molecule has 1 saturated carbocycles. The molecule has 0 aromatic rings. The Kier molecular flexibility index (Phi) is 1.49. The number of nitriles is 1. The summed E-state index contributed by atoms with van der Waals surface area (Å²) < 4.78 is 0. The highest BCUT2D eigenvalue weighted by atomic mass is 14.4. The molecule has 3 aliphatic rings. The van der Waals surface area contributed by atoms with Crippen LogP contribution in [-0.2, 0) is 0 Å². The van der Waals surface area contributed by atoms with Gasteiger partial charge in [-0.1, -0.05) is 19.1 Å². The van der Waals surface area contributed by atoms with Gasteiger partial charge in [-0.15, -0.1) is 0 Å². The number of hydrogen-bond donors (Lipinski definition) is 0. The van der Waals surface area contributed by atoms with Gasteiger partial charge in [-0.05, 0) is 30.6 Å². The standard InChI is InChI=1S/C10H13N/c1-7-8-2-4-9(5-3-8)10(7)6-11/h2,4,7-10H,3,5H2,1H3/t7-,8-,9-,10-/m1/s1. The van der Waals surface area contributed by atoms with Crippen molar-refractivity contribution in [2.24, 2.45) is 23.7 Å². The Morgan fingerprint density at radius 3 is 2.27 bits per heavy atom.